The summed E-state index contributed by atoms with van der Waals surface area (Å²) in [6.45, 7) is 10.2. The Morgan fingerprint density at radius 1 is 1.38 bits per heavy atom. The highest BCUT2D eigenvalue weighted by Gasteiger charge is 2.25. The van der Waals surface area contributed by atoms with Gasteiger partial charge in [0.05, 0.1) is 25.9 Å². The van der Waals surface area contributed by atoms with Gasteiger partial charge >= 0.3 is 0 Å². The highest BCUT2D eigenvalue weighted by molar-refractivity contribution is 4.79. The third kappa shape index (κ3) is 3.70. The summed E-state index contributed by atoms with van der Waals surface area (Å²) < 4.78 is 11.1. The number of nitrogens with one attached hydrogen (secondary N) is 1. The molecule has 2 fully saturated rings. The van der Waals surface area contributed by atoms with Crippen molar-refractivity contribution in [3.05, 3.63) is 0 Å². The normalized spacial score (nSPS) is 32.1. The third-order valence-electron chi connectivity index (χ3n) is 3.40. The van der Waals surface area contributed by atoms with E-state index in [0.29, 0.717) is 6.10 Å². The number of hydrogen-bond donors (Lipinski definition) is 1. The SMILES string of the molecule is CCNCC1CCN(CC2COCCO2)C1. The Morgan fingerprint density at radius 2 is 2.31 bits per heavy atom. The molecular formula is C12H24N2O2. The van der Waals surface area contributed by atoms with E-state index in [0.717, 1.165) is 45.4 Å². The van der Waals surface area contributed by atoms with Crippen LogP contribution in [0, 0.1) is 5.92 Å². The summed E-state index contributed by atoms with van der Waals surface area (Å²) in [4.78, 5) is 2.52. The molecular weight excluding hydrogens is 204 g/mol. The van der Waals surface area contributed by atoms with Crippen LogP contribution in [0.25, 0.3) is 0 Å². The zero-order valence-electron chi connectivity index (χ0n) is 10.3. The Labute approximate surface area is 98.3 Å². The van der Waals surface area contributed by atoms with Gasteiger partial charge in [0.2, 0.25) is 0 Å². The Bertz CT molecular complexity index is 195. The van der Waals surface area contributed by atoms with Crippen molar-refractivity contribution in [2.45, 2.75) is 19.4 Å². The predicted octanol–water partition coefficient (Wildman–Crippen LogP) is 0.333. The molecule has 2 aliphatic heterocycles. The molecule has 1 N–H and O–H groups in total. The van der Waals surface area contributed by atoms with E-state index in [1.54, 1.807) is 0 Å². The summed E-state index contributed by atoms with van der Waals surface area (Å²) >= 11 is 0. The second kappa shape index (κ2) is 6.55. The van der Waals surface area contributed by atoms with Gasteiger partial charge in [0.25, 0.3) is 0 Å². The van der Waals surface area contributed by atoms with Gasteiger partial charge in [0.1, 0.15) is 0 Å². The summed E-state index contributed by atoms with van der Waals surface area (Å²) in [5, 5.41) is 3.43. The van der Waals surface area contributed by atoms with Crippen molar-refractivity contribution in [1.29, 1.82) is 0 Å². The van der Waals surface area contributed by atoms with Crippen molar-refractivity contribution < 1.29 is 9.47 Å². The van der Waals surface area contributed by atoms with Gasteiger partial charge in [0.15, 0.2) is 0 Å². The largest absolute Gasteiger partial charge is 0.376 e. The zero-order valence-corrected chi connectivity index (χ0v) is 10.3. The number of likely N-dealkylation sites (tertiary alicyclic amines) is 1. The molecule has 0 aromatic heterocycles. The summed E-state index contributed by atoms with van der Waals surface area (Å²) in [7, 11) is 0. The Kier molecular flexibility index (Phi) is 5.03. The first-order valence-electron chi connectivity index (χ1n) is 6.51. The maximum atomic E-state index is 5.67. The zero-order chi connectivity index (χ0) is 11.2. The molecule has 2 aliphatic rings. The maximum absolute atomic E-state index is 5.67. The first-order chi connectivity index (χ1) is 7.88. The average molecular weight is 228 g/mol. The van der Waals surface area contributed by atoms with Crippen molar-refractivity contribution in [1.82, 2.24) is 10.2 Å². The van der Waals surface area contributed by atoms with Crippen molar-refractivity contribution in [3.8, 4) is 0 Å². The molecule has 0 aromatic rings. The minimum Gasteiger partial charge on any atom is -0.376 e. The van der Waals surface area contributed by atoms with Gasteiger partial charge in [0, 0.05) is 13.1 Å². The quantitative estimate of drug-likeness (QED) is 0.735. The molecule has 0 saturated carbocycles. The van der Waals surface area contributed by atoms with Crippen molar-refractivity contribution in [2.75, 3.05) is 52.5 Å². The van der Waals surface area contributed by atoms with Crippen LogP contribution < -0.4 is 5.32 Å². The molecule has 2 rings (SSSR count). The van der Waals surface area contributed by atoms with E-state index in [4.69, 9.17) is 9.47 Å². The third-order valence-corrected chi connectivity index (χ3v) is 3.40. The molecule has 0 bridgehead atoms. The molecule has 0 spiro atoms. The van der Waals surface area contributed by atoms with Gasteiger partial charge in [-0.05, 0) is 32.0 Å². The number of rotatable bonds is 5. The molecule has 2 heterocycles. The van der Waals surface area contributed by atoms with Crippen molar-refractivity contribution >= 4 is 0 Å². The molecule has 2 saturated heterocycles. The second-order valence-corrected chi connectivity index (χ2v) is 4.79. The average Bonchev–Trinajstić information content (AvgIpc) is 2.75. The molecule has 4 heteroatoms. The van der Waals surface area contributed by atoms with Crippen LogP contribution in [-0.4, -0.2) is 63.5 Å². The van der Waals surface area contributed by atoms with Crippen LogP contribution in [0.5, 0.6) is 0 Å². The van der Waals surface area contributed by atoms with Gasteiger partial charge in [-0.15, -0.1) is 0 Å². The lowest BCUT2D eigenvalue weighted by atomic mass is 10.1. The lowest BCUT2D eigenvalue weighted by molar-refractivity contribution is -0.0961. The summed E-state index contributed by atoms with van der Waals surface area (Å²) in [6, 6.07) is 0. The topological polar surface area (TPSA) is 33.7 Å². The van der Waals surface area contributed by atoms with Gasteiger partial charge in [-0.25, -0.2) is 0 Å². The van der Waals surface area contributed by atoms with E-state index in [-0.39, 0.29) is 0 Å². The number of hydrogen-bond acceptors (Lipinski definition) is 4. The molecule has 4 nitrogen and oxygen atoms in total. The lowest BCUT2D eigenvalue weighted by Crippen LogP contribution is -2.39. The van der Waals surface area contributed by atoms with Crippen molar-refractivity contribution in [2.24, 2.45) is 5.92 Å². The maximum Gasteiger partial charge on any atom is 0.0936 e. The molecule has 2 unspecified atom stereocenters. The van der Waals surface area contributed by atoms with Crippen LogP contribution in [0.2, 0.25) is 0 Å². The van der Waals surface area contributed by atoms with Crippen LogP contribution >= 0.6 is 0 Å². The fraction of sp³-hybridized carbons (Fsp3) is 1.00. The first kappa shape index (κ1) is 12.3. The van der Waals surface area contributed by atoms with E-state index in [9.17, 15) is 0 Å². The Hall–Kier alpha value is -0.160. The molecule has 16 heavy (non-hydrogen) atoms. The predicted molar refractivity (Wildman–Crippen MR) is 63.6 cm³/mol. The minimum absolute atomic E-state index is 0.298. The monoisotopic (exact) mass is 228 g/mol. The summed E-state index contributed by atoms with van der Waals surface area (Å²) in [6.07, 6.45) is 1.62. The Balaban J connectivity index is 1.63. The van der Waals surface area contributed by atoms with Gasteiger partial charge in [-0.3, -0.25) is 0 Å². The highest BCUT2D eigenvalue weighted by atomic mass is 16.6. The number of nitrogens with zero attached hydrogens (tertiary/aromatic N) is 1. The molecule has 0 aliphatic carbocycles. The van der Waals surface area contributed by atoms with E-state index in [2.05, 4.69) is 17.1 Å². The molecule has 0 radical (unpaired) electrons. The molecule has 0 aromatic carbocycles. The Morgan fingerprint density at radius 3 is 3.06 bits per heavy atom. The van der Waals surface area contributed by atoms with E-state index in [1.807, 2.05) is 0 Å². The standard InChI is InChI=1S/C12H24N2O2/c1-2-13-7-11-3-4-14(8-11)9-12-10-15-5-6-16-12/h11-13H,2-10H2,1H3. The van der Waals surface area contributed by atoms with Crippen molar-refractivity contribution in [3.63, 3.8) is 0 Å². The fourth-order valence-corrected chi connectivity index (χ4v) is 2.52. The van der Waals surface area contributed by atoms with Crippen LogP contribution in [0.15, 0.2) is 0 Å². The first-order valence-corrected chi connectivity index (χ1v) is 6.51. The molecule has 94 valence electrons. The van der Waals surface area contributed by atoms with Crippen LogP contribution in [0.3, 0.4) is 0 Å². The summed E-state index contributed by atoms with van der Waals surface area (Å²) in [5.41, 5.74) is 0. The van der Waals surface area contributed by atoms with E-state index in [1.165, 1.54) is 19.5 Å². The van der Waals surface area contributed by atoms with Crippen LogP contribution in [0.4, 0.5) is 0 Å². The van der Waals surface area contributed by atoms with Crippen LogP contribution in [-0.2, 0) is 9.47 Å². The van der Waals surface area contributed by atoms with Gasteiger partial charge < -0.3 is 19.7 Å². The van der Waals surface area contributed by atoms with E-state index < -0.39 is 0 Å². The van der Waals surface area contributed by atoms with Gasteiger partial charge in [-0.2, -0.15) is 0 Å². The van der Waals surface area contributed by atoms with Crippen LogP contribution in [0.1, 0.15) is 13.3 Å². The van der Waals surface area contributed by atoms with Gasteiger partial charge in [-0.1, -0.05) is 6.92 Å². The smallest absolute Gasteiger partial charge is 0.0936 e. The lowest BCUT2D eigenvalue weighted by Gasteiger charge is -2.27. The summed E-state index contributed by atoms with van der Waals surface area (Å²) in [5.74, 6) is 0.824. The molecule has 2 atom stereocenters. The fourth-order valence-electron chi connectivity index (χ4n) is 2.52. The minimum atomic E-state index is 0.298. The number of ether oxygens (including phenoxy) is 2. The van der Waals surface area contributed by atoms with E-state index >= 15 is 0 Å². The highest BCUT2D eigenvalue weighted by Crippen LogP contribution is 2.16. The second-order valence-electron chi connectivity index (χ2n) is 4.79. The molecule has 0 amide bonds.